The van der Waals surface area contributed by atoms with Crippen molar-refractivity contribution < 1.29 is 24.2 Å². The SMILES string of the molecule is Cc1ccc2nc(N3C(=O)C(=O)/C(=C(/O)c4ccc5c(c4)C[C@H](C)O5)[C@H]3c3cccc(OCCC(C)C)c3)sc2c1. The van der Waals surface area contributed by atoms with Gasteiger partial charge in [0.25, 0.3) is 5.78 Å². The summed E-state index contributed by atoms with van der Waals surface area (Å²) in [5.74, 6) is 0.199. The van der Waals surface area contributed by atoms with Crippen LogP contribution in [0.3, 0.4) is 0 Å². The number of fused-ring (bicyclic) bond motifs is 2. The van der Waals surface area contributed by atoms with E-state index in [0.717, 1.165) is 33.5 Å². The Bertz CT molecular complexity index is 1710. The quantitative estimate of drug-likeness (QED) is 0.147. The molecular formula is C33H32N2O5S. The number of Topliss-reactive ketones (excluding diaryl/α,β-unsaturated/α-hetero) is 1. The van der Waals surface area contributed by atoms with Crippen LogP contribution in [0.2, 0.25) is 0 Å². The minimum atomic E-state index is -0.881. The largest absolute Gasteiger partial charge is 0.507 e. The standard InChI is InChI=1S/C33H32N2O5S/c1-18(2)12-13-39-24-7-5-6-21(17-24)29-28(30(36)22-9-11-26-23(16-22)15-20(4)40-26)31(37)32(38)35(29)33-34-25-10-8-19(3)14-27(25)41-33/h5-11,14,16-18,20,29,36H,12-13,15H2,1-4H3/b30-28+/t20-,29+/m0/s1. The van der Waals surface area contributed by atoms with Crippen LogP contribution in [-0.4, -0.2) is 34.5 Å². The van der Waals surface area contributed by atoms with E-state index in [1.54, 1.807) is 12.1 Å². The zero-order valence-corrected chi connectivity index (χ0v) is 24.3. The first-order chi connectivity index (χ1) is 19.7. The van der Waals surface area contributed by atoms with Gasteiger partial charge in [0, 0.05) is 12.0 Å². The topological polar surface area (TPSA) is 89.0 Å². The van der Waals surface area contributed by atoms with Crippen molar-refractivity contribution >= 4 is 44.1 Å². The molecule has 1 aromatic heterocycles. The van der Waals surface area contributed by atoms with Crippen LogP contribution in [-0.2, 0) is 16.0 Å². The molecule has 41 heavy (non-hydrogen) atoms. The number of amides is 1. The molecule has 1 saturated heterocycles. The number of hydrogen-bond donors (Lipinski definition) is 1. The molecule has 0 radical (unpaired) electrons. The van der Waals surface area contributed by atoms with Crippen LogP contribution in [0.4, 0.5) is 5.13 Å². The van der Waals surface area contributed by atoms with Crippen molar-refractivity contribution in [3.63, 3.8) is 0 Å². The number of nitrogens with zero attached hydrogens (tertiary/aromatic N) is 2. The molecule has 6 rings (SSSR count). The molecule has 0 aliphatic carbocycles. The number of benzene rings is 3. The first kappa shape index (κ1) is 27.0. The number of anilines is 1. The van der Waals surface area contributed by atoms with Crippen molar-refractivity contribution in [3.05, 3.63) is 88.5 Å². The highest BCUT2D eigenvalue weighted by Gasteiger charge is 2.48. The molecule has 1 N–H and O–H groups in total. The van der Waals surface area contributed by atoms with Gasteiger partial charge in [0.15, 0.2) is 5.13 Å². The number of hydrogen-bond acceptors (Lipinski definition) is 7. The molecule has 3 heterocycles. The van der Waals surface area contributed by atoms with Crippen LogP contribution in [0, 0.1) is 12.8 Å². The second-order valence-electron chi connectivity index (χ2n) is 11.2. The van der Waals surface area contributed by atoms with Crippen LogP contribution in [0.1, 0.15) is 55.5 Å². The number of ether oxygens (including phenoxy) is 2. The summed E-state index contributed by atoms with van der Waals surface area (Å²) in [6, 6.07) is 17.8. The third kappa shape index (κ3) is 5.08. The molecule has 1 fully saturated rings. The van der Waals surface area contributed by atoms with E-state index in [1.807, 2.05) is 62.4 Å². The van der Waals surface area contributed by atoms with E-state index >= 15 is 0 Å². The van der Waals surface area contributed by atoms with Crippen molar-refractivity contribution in [2.45, 2.75) is 52.7 Å². The molecule has 2 aliphatic heterocycles. The van der Waals surface area contributed by atoms with Crippen LogP contribution >= 0.6 is 11.3 Å². The summed E-state index contributed by atoms with van der Waals surface area (Å²) in [7, 11) is 0. The summed E-state index contributed by atoms with van der Waals surface area (Å²) in [6.07, 6.45) is 1.64. The van der Waals surface area contributed by atoms with Gasteiger partial charge in [0.1, 0.15) is 23.4 Å². The second-order valence-corrected chi connectivity index (χ2v) is 12.2. The van der Waals surface area contributed by atoms with Gasteiger partial charge in [-0.05, 0) is 85.3 Å². The molecule has 1 amide bonds. The normalized spacial score (nSPS) is 19.7. The summed E-state index contributed by atoms with van der Waals surface area (Å²) in [4.78, 5) is 33.5. The summed E-state index contributed by atoms with van der Waals surface area (Å²) < 4.78 is 12.8. The van der Waals surface area contributed by atoms with E-state index in [2.05, 4.69) is 13.8 Å². The third-order valence-corrected chi connectivity index (χ3v) is 8.51. The fourth-order valence-corrected chi connectivity index (χ4v) is 6.47. The number of carbonyl (C=O) groups excluding carboxylic acids is 2. The fraction of sp³-hybridized carbons (Fsp3) is 0.303. The predicted octanol–water partition coefficient (Wildman–Crippen LogP) is 6.98. The van der Waals surface area contributed by atoms with Crippen molar-refractivity contribution in [2.24, 2.45) is 5.92 Å². The maximum atomic E-state index is 13.7. The summed E-state index contributed by atoms with van der Waals surface area (Å²) in [6.45, 7) is 8.81. The Hall–Kier alpha value is -4.17. The van der Waals surface area contributed by atoms with E-state index in [9.17, 15) is 14.7 Å². The Morgan fingerprint density at radius 1 is 1.15 bits per heavy atom. The number of aliphatic hydroxyl groups excluding tert-OH is 1. The number of aliphatic hydroxyl groups is 1. The highest BCUT2D eigenvalue weighted by molar-refractivity contribution is 7.22. The fourth-order valence-electron chi connectivity index (χ4n) is 5.38. The maximum Gasteiger partial charge on any atom is 0.301 e. The van der Waals surface area contributed by atoms with Gasteiger partial charge in [0.05, 0.1) is 28.4 Å². The average molecular weight is 569 g/mol. The molecule has 0 bridgehead atoms. The zero-order chi connectivity index (χ0) is 28.8. The molecule has 3 aromatic carbocycles. The molecule has 210 valence electrons. The lowest BCUT2D eigenvalue weighted by Crippen LogP contribution is -2.29. The van der Waals surface area contributed by atoms with Crippen LogP contribution in [0.15, 0.2) is 66.2 Å². The molecule has 7 nitrogen and oxygen atoms in total. The molecule has 4 aromatic rings. The Morgan fingerprint density at radius 3 is 2.78 bits per heavy atom. The summed E-state index contributed by atoms with van der Waals surface area (Å²) in [5.41, 5.74) is 3.92. The first-order valence-corrected chi connectivity index (χ1v) is 14.7. The molecule has 2 aliphatic rings. The van der Waals surface area contributed by atoms with Gasteiger partial charge in [-0.2, -0.15) is 0 Å². The van der Waals surface area contributed by atoms with Gasteiger partial charge < -0.3 is 14.6 Å². The molecule has 0 unspecified atom stereocenters. The van der Waals surface area contributed by atoms with Crippen molar-refractivity contribution in [1.29, 1.82) is 0 Å². The average Bonchev–Trinajstić information content (AvgIpc) is 3.60. The van der Waals surface area contributed by atoms with Crippen LogP contribution < -0.4 is 14.4 Å². The number of aryl methyl sites for hydroxylation is 1. The Kier molecular flexibility index (Phi) is 7.03. The maximum absolute atomic E-state index is 13.7. The second kappa shape index (κ2) is 10.7. The van der Waals surface area contributed by atoms with Crippen molar-refractivity contribution in [1.82, 2.24) is 4.98 Å². The van der Waals surface area contributed by atoms with Gasteiger partial charge in [0.2, 0.25) is 0 Å². The molecule has 0 saturated carbocycles. The molecule has 8 heteroatoms. The number of thiazole rings is 1. The van der Waals surface area contributed by atoms with Crippen LogP contribution in [0.5, 0.6) is 11.5 Å². The van der Waals surface area contributed by atoms with Crippen molar-refractivity contribution in [2.75, 3.05) is 11.5 Å². The number of aromatic nitrogens is 1. The lowest BCUT2D eigenvalue weighted by Gasteiger charge is -2.23. The number of ketones is 1. The van der Waals surface area contributed by atoms with Gasteiger partial charge in [-0.25, -0.2) is 4.98 Å². The monoisotopic (exact) mass is 568 g/mol. The van der Waals surface area contributed by atoms with Crippen LogP contribution in [0.25, 0.3) is 16.0 Å². The highest BCUT2D eigenvalue weighted by atomic mass is 32.1. The first-order valence-electron chi connectivity index (χ1n) is 13.9. The third-order valence-electron chi connectivity index (χ3n) is 7.49. The van der Waals surface area contributed by atoms with E-state index in [0.29, 0.717) is 41.0 Å². The smallest absolute Gasteiger partial charge is 0.301 e. The van der Waals surface area contributed by atoms with Gasteiger partial charge in [-0.3, -0.25) is 14.5 Å². The molecule has 2 atom stereocenters. The zero-order valence-electron chi connectivity index (χ0n) is 23.5. The lowest BCUT2D eigenvalue weighted by atomic mass is 9.94. The van der Waals surface area contributed by atoms with E-state index in [-0.39, 0.29) is 17.4 Å². The van der Waals surface area contributed by atoms with Gasteiger partial charge in [-0.1, -0.05) is 43.4 Å². The van der Waals surface area contributed by atoms with E-state index in [4.69, 9.17) is 14.5 Å². The Morgan fingerprint density at radius 2 is 1.98 bits per heavy atom. The Labute approximate surface area is 243 Å². The van der Waals surface area contributed by atoms with E-state index in [1.165, 1.54) is 16.2 Å². The van der Waals surface area contributed by atoms with Crippen molar-refractivity contribution in [3.8, 4) is 11.5 Å². The van der Waals surface area contributed by atoms with E-state index < -0.39 is 17.7 Å². The Balaban J connectivity index is 1.48. The highest BCUT2D eigenvalue weighted by Crippen LogP contribution is 2.45. The lowest BCUT2D eigenvalue weighted by molar-refractivity contribution is -0.132. The minimum absolute atomic E-state index is 0.0247. The molecular weight excluding hydrogens is 536 g/mol. The number of carbonyl (C=O) groups is 2. The van der Waals surface area contributed by atoms with Gasteiger partial charge >= 0.3 is 5.91 Å². The summed E-state index contributed by atoms with van der Waals surface area (Å²) >= 11 is 1.35. The number of rotatable bonds is 7. The molecule has 0 spiro atoms. The minimum Gasteiger partial charge on any atom is -0.507 e. The van der Waals surface area contributed by atoms with Gasteiger partial charge in [-0.15, -0.1) is 0 Å². The predicted molar refractivity (Wildman–Crippen MR) is 161 cm³/mol. The summed E-state index contributed by atoms with van der Waals surface area (Å²) in [5, 5.41) is 12.0.